The van der Waals surface area contributed by atoms with Gasteiger partial charge in [-0.25, -0.2) is 13.1 Å². The summed E-state index contributed by atoms with van der Waals surface area (Å²) in [6.07, 6.45) is 0. The second-order valence-corrected chi connectivity index (χ2v) is 12.1. The van der Waals surface area contributed by atoms with Crippen LogP contribution in [0.15, 0.2) is 51.7 Å². The van der Waals surface area contributed by atoms with E-state index in [-0.39, 0.29) is 27.5 Å². The summed E-state index contributed by atoms with van der Waals surface area (Å²) in [6.45, 7) is 3.31. The molecule has 11 nitrogen and oxygen atoms in total. The lowest BCUT2D eigenvalue weighted by Crippen LogP contribution is -2.30. The Morgan fingerprint density at radius 3 is 2.32 bits per heavy atom. The SMILES string of the molecule is COc1ccc(S(=O)(=O)NC(C)C)cc1NS(=O)(=O)c1nnc(NC(=O)c2ccc(Cl)cc2)s1. The molecule has 2 aromatic carbocycles. The number of nitrogens with one attached hydrogen (secondary N) is 3. The van der Waals surface area contributed by atoms with Crippen molar-refractivity contribution in [2.75, 3.05) is 17.1 Å². The van der Waals surface area contributed by atoms with Crippen LogP contribution in [0.3, 0.4) is 0 Å². The van der Waals surface area contributed by atoms with Gasteiger partial charge in [0.25, 0.3) is 20.3 Å². The lowest BCUT2D eigenvalue weighted by Gasteiger charge is -2.14. The Hall–Kier alpha value is -2.78. The summed E-state index contributed by atoms with van der Waals surface area (Å²) >= 11 is 6.42. The fraction of sp³-hybridized carbons (Fsp3) is 0.211. The number of aromatic nitrogens is 2. The first-order chi connectivity index (χ1) is 15.9. The van der Waals surface area contributed by atoms with Gasteiger partial charge >= 0.3 is 0 Å². The normalized spacial score (nSPS) is 11.9. The van der Waals surface area contributed by atoms with E-state index in [0.29, 0.717) is 21.9 Å². The average molecular weight is 546 g/mol. The maximum atomic E-state index is 12.9. The Kier molecular flexibility index (Phi) is 7.77. The number of anilines is 2. The Morgan fingerprint density at radius 1 is 1.03 bits per heavy atom. The van der Waals surface area contributed by atoms with Gasteiger partial charge in [-0.05, 0) is 56.3 Å². The number of carbonyl (C=O) groups excluding carboxylic acids is 1. The van der Waals surface area contributed by atoms with Gasteiger partial charge in [0.05, 0.1) is 17.7 Å². The van der Waals surface area contributed by atoms with Crippen molar-refractivity contribution in [1.29, 1.82) is 0 Å². The third kappa shape index (κ3) is 6.21. The van der Waals surface area contributed by atoms with Gasteiger partial charge in [-0.3, -0.25) is 14.8 Å². The molecule has 0 saturated heterocycles. The van der Waals surface area contributed by atoms with Crippen LogP contribution in [-0.4, -0.2) is 46.1 Å². The third-order valence-corrected chi connectivity index (χ3v) is 8.56. The van der Waals surface area contributed by atoms with Crippen molar-refractivity contribution < 1.29 is 26.4 Å². The predicted molar refractivity (Wildman–Crippen MR) is 129 cm³/mol. The van der Waals surface area contributed by atoms with E-state index >= 15 is 0 Å². The lowest BCUT2D eigenvalue weighted by atomic mass is 10.2. The number of benzene rings is 2. The lowest BCUT2D eigenvalue weighted by molar-refractivity contribution is 0.102. The van der Waals surface area contributed by atoms with Crippen LogP contribution in [0.5, 0.6) is 5.75 Å². The fourth-order valence-electron chi connectivity index (χ4n) is 2.64. The molecule has 0 spiro atoms. The van der Waals surface area contributed by atoms with Gasteiger partial charge in [-0.2, -0.15) is 8.42 Å². The molecule has 1 aromatic heterocycles. The highest BCUT2D eigenvalue weighted by atomic mass is 35.5. The molecule has 0 radical (unpaired) electrons. The summed E-state index contributed by atoms with van der Waals surface area (Å²) in [5.74, 6) is -0.435. The van der Waals surface area contributed by atoms with E-state index < -0.39 is 30.3 Å². The van der Waals surface area contributed by atoms with Crippen LogP contribution in [0.4, 0.5) is 10.8 Å². The largest absolute Gasteiger partial charge is 0.495 e. The second-order valence-electron chi connectivity index (χ2n) is 7.08. The molecule has 0 fully saturated rings. The van der Waals surface area contributed by atoms with E-state index in [9.17, 15) is 21.6 Å². The minimum Gasteiger partial charge on any atom is -0.495 e. The van der Waals surface area contributed by atoms with Crippen molar-refractivity contribution >= 4 is 59.7 Å². The molecule has 34 heavy (non-hydrogen) atoms. The Morgan fingerprint density at radius 2 is 1.71 bits per heavy atom. The second kappa shape index (κ2) is 10.2. The molecule has 0 atom stereocenters. The molecular weight excluding hydrogens is 526 g/mol. The number of sulfonamides is 2. The molecule has 0 aliphatic rings. The maximum absolute atomic E-state index is 12.9. The molecule has 182 valence electrons. The smallest absolute Gasteiger partial charge is 0.291 e. The van der Waals surface area contributed by atoms with Crippen LogP contribution in [0.25, 0.3) is 0 Å². The Bertz CT molecular complexity index is 1410. The van der Waals surface area contributed by atoms with Crippen LogP contribution in [0, 0.1) is 0 Å². The molecule has 0 aliphatic carbocycles. The zero-order chi connectivity index (χ0) is 25.1. The number of methoxy groups -OCH3 is 1. The molecule has 0 aliphatic heterocycles. The molecule has 3 rings (SSSR count). The van der Waals surface area contributed by atoms with Crippen molar-refractivity contribution in [2.45, 2.75) is 29.1 Å². The zero-order valence-corrected chi connectivity index (χ0v) is 21.3. The number of hydrogen-bond acceptors (Lipinski definition) is 9. The van der Waals surface area contributed by atoms with E-state index in [1.54, 1.807) is 13.8 Å². The van der Waals surface area contributed by atoms with Crippen LogP contribution in [-0.2, 0) is 20.0 Å². The number of halogens is 1. The van der Waals surface area contributed by atoms with Crippen molar-refractivity contribution in [3.63, 3.8) is 0 Å². The monoisotopic (exact) mass is 545 g/mol. The number of hydrogen-bond donors (Lipinski definition) is 3. The highest BCUT2D eigenvalue weighted by Gasteiger charge is 2.25. The minimum absolute atomic E-state index is 0.0512. The van der Waals surface area contributed by atoms with E-state index in [4.69, 9.17) is 16.3 Å². The van der Waals surface area contributed by atoms with E-state index in [2.05, 4.69) is 25.0 Å². The summed E-state index contributed by atoms with van der Waals surface area (Å²) in [6, 6.07) is 9.45. The van der Waals surface area contributed by atoms with Crippen molar-refractivity contribution in [1.82, 2.24) is 14.9 Å². The van der Waals surface area contributed by atoms with Crippen molar-refractivity contribution in [3.8, 4) is 5.75 Å². The molecule has 0 saturated carbocycles. The van der Waals surface area contributed by atoms with E-state index in [1.807, 2.05) is 0 Å². The van der Waals surface area contributed by atoms with Crippen LogP contribution in [0.2, 0.25) is 5.02 Å². The van der Waals surface area contributed by atoms with Crippen LogP contribution >= 0.6 is 22.9 Å². The molecule has 0 unspecified atom stereocenters. The minimum atomic E-state index is -4.29. The molecule has 0 bridgehead atoms. The van der Waals surface area contributed by atoms with Crippen molar-refractivity contribution in [3.05, 3.63) is 53.1 Å². The molecule has 3 aromatic rings. The first-order valence-electron chi connectivity index (χ1n) is 9.55. The number of carbonyl (C=O) groups is 1. The molecular formula is C19H20ClN5O6S3. The van der Waals surface area contributed by atoms with Gasteiger partial charge in [-0.1, -0.05) is 22.9 Å². The first-order valence-corrected chi connectivity index (χ1v) is 13.7. The summed E-state index contributed by atoms with van der Waals surface area (Å²) in [7, 11) is -6.86. The standard InChI is InChI=1S/C19H20ClN5O6S3/c1-11(2)24-33(27,28)14-8-9-16(31-3)15(10-14)25-34(29,30)19-23-22-18(32-19)21-17(26)12-4-6-13(20)7-5-12/h4-11,24-25H,1-3H3,(H,21,22,26). The summed E-state index contributed by atoms with van der Waals surface area (Å²) in [4.78, 5) is 12.1. The number of nitrogens with zero attached hydrogens (tertiary/aromatic N) is 2. The topological polar surface area (TPSA) is 156 Å². The summed E-state index contributed by atoms with van der Waals surface area (Å²) in [5.41, 5.74) is 0.177. The molecule has 1 amide bonds. The molecule has 15 heteroatoms. The van der Waals surface area contributed by atoms with Gasteiger partial charge in [0.2, 0.25) is 15.2 Å². The molecule has 1 heterocycles. The van der Waals surface area contributed by atoms with Gasteiger partial charge in [-0.15, -0.1) is 10.2 Å². The van der Waals surface area contributed by atoms with E-state index in [1.165, 1.54) is 43.5 Å². The summed E-state index contributed by atoms with van der Waals surface area (Å²) < 4.78 is 60.1. The Balaban J connectivity index is 1.83. The van der Waals surface area contributed by atoms with Gasteiger partial charge in [0, 0.05) is 16.6 Å². The highest BCUT2D eigenvalue weighted by Crippen LogP contribution is 2.31. The number of amides is 1. The fourth-order valence-corrected chi connectivity index (χ4v) is 6.00. The average Bonchev–Trinajstić information content (AvgIpc) is 3.22. The van der Waals surface area contributed by atoms with E-state index in [0.717, 1.165) is 6.07 Å². The quantitative estimate of drug-likeness (QED) is 0.346. The first kappa shape index (κ1) is 25.8. The third-order valence-electron chi connectivity index (χ3n) is 4.08. The van der Waals surface area contributed by atoms with Gasteiger partial charge in [0.15, 0.2) is 0 Å². The Labute approximate surface area is 205 Å². The number of rotatable bonds is 9. The highest BCUT2D eigenvalue weighted by molar-refractivity contribution is 7.94. The van der Waals surface area contributed by atoms with Crippen LogP contribution < -0.4 is 19.5 Å². The van der Waals surface area contributed by atoms with Gasteiger partial charge in [0.1, 0.15) is 5.75 Å². The van der Waals surface area contributed by atoms with Crippen LogP contribution in [0.1, 0.15) is 24.2 Å². The zero-order valence-electron chi connectivity index (χ0n) is 18.1. The molecule has 3 N–H and O–H groups in total. The van der Waals surface area contributed by atoms with Gasteiger partial charge < -0.3 is 4.74 Å². The summed E-state index contributed by atoms with van der Waals surface area (Å²) in [5, 5.41) is 10.2. The maximum Gasteiger partial charge on any atom is 0.291 e. The number of ether oxygens (including phenoxy) is 1. The van der Waals surface area contributed by atoms with Crippen molar-refractivity contribution in [2.24, 2.45) is 0 Å². The predicted octanol–water partition coefficient (Wildman–Crippen LogP) is 2.94.